The Morgan fingerprint density at radius 1 is 1.00 bits per heavy atom. The van der Waals surface area contributed by atoms with E-state index in [1.807, 2.05) is 19.1 Å². The van der Waals surface area contributed by atoms with Crippen LogP contribution in [-0.4, -0.2) is 15.5 Å². The average molecular weight is 290 g/mol. The molecule has 0 heterocycles. The Bertz CT molecular complexity index is 722. The highest BCUT2D eigenvalue weighted by atomic mass is 32.2. The van der Waals surface area contributed by atoms with E-state index in [1.165, 1.54) is 4.31 Å². The van der Waals surface area contributed by atoms with Crippen molar-refractivity contribution in [2.45, 2.75) is 18.7 Å². The molecule has 0 unspecified atom stereocenters. The first-order valence-corrected chi connectivity index (χ1v) is 7.68. The van der Waals surface area contributed by atoms with Crippen molar-refractivity contribution in [1.82, 2.24) is 0 Å². The van der Waals surface area contributed by atoms with Crippen molar-refractivity contribution in [2.75, 3.05) is 17.1 Å². The van der Waals surface area contributed by atoms with Gasteiger partial charge in [-0.15, -0.1) is 0 Å². The van der Waals surface area contributed by atoms with Crippen LogP contribution >= 0.6 is 0 Å². The van der Waals surface area contributed by atoms with E-state index >= 15 is 0 Å². The molecule has 2 aromatic carbocycles. The first-order chi connectivity index (χ1) is 9.34. The van der Waals surface area contributed by atoms with Gasteiger partial charge in [0.25, 0.3) is 10.0 Å². The van der Waals surface area contributed by atoms with E-state index in [1.54, 1.807) is 44.3 Å². The maximum Gasteiger partial charge on any atom is 0.264 e. The fraction of sp³-hybridized carbons (Fsp3) is 0.200. The van der Waals surface area contributed by atoms with Crippen molar-refractivity contribution in [1.29, 1.82) is 0 Å². The predicted molar refractivity (Wildman–Crippen MR) is 82.4 cm³/mol. The molecule has 2 N–H and O–H groups in total. The number of rotatable bonds is 3. The van der Waals surface area contributed by atoms with Crippen LogP contribution in [0.2, 0.25) is 0 Å². The number of hydrogen-bond donors (Lipinski definition) is 1. The number of sulfonamides is 1. The van der Waals surface area contributed by atoms with Crippen molar-refractivity contribution in [2.24, 2.45) is 0 Å². The van der Waals surface area contributed by atoms with Gasteiger partial charge in [0.1, 0.15) is 0 Å². The zero-order valence-corrected chi connectivity index (χ0v) is 12.6. The fourth-order valence-electron chi connectivity index (χ4n) is 1.95. The van der Waals surface area contributed by atoms with Gasteiger partial charge < -0.3 is 5.73 Å². The summed E-state index contributed by atoms with van der Waals surface area (Å²) in [5.41, 5.74) is 8.55. The highest BCUT2D eigenvalue weighted by molar-refractivity contribution is 7.92. The van der Waals surface area contributed by atoms with Crippen LogP contribution in [0.15, 0.2) is 47.4 Å². The molecule has 5 heteroatoms. The van der Waals surface area contributed by atoms with Gasteiger partial charge in [0.05, 0.1) is 10.6 Å². The third-order valence-electron chi connectivity index (χ3n) is 3.36. The highest BCUT2D eigenvalue weighted by Crippen LogP contribution is 2.26. The number of benzene rings is 2. The topological polar surface area (TPSA) is 63.4 Å². The summed E-state index contributed by atoms with van der Waals surface area (Å²) in [6.45, 7) is 3.67. The van der Waals surface area contributed by atoms with E-state index in [0.29, 0.717) is 16.9 Å². The SMILES string of the molecule is Cc1ccc(N(C)S(=O)(=O)c2cccc(N)c2C)cc1. The van der Waals surface area contributed by atoms with Crippen molar-refractivity contribution >= 4 is 21.4 Å². The summed E-state index contributed by atoms with van der Waals surface area (Å²) < 4.78 is 26.6. The van der Waals surface area contributed by atoms with Gasteiger partial charge in [0.15, 0.2) is 0 Å². The van der Waals surface area contributed by atoms with Gasteiger partial charge in [0.2, 0.25) is 0 Å². The normalized spacial score (nSPS) is 11.3. The number of anilines is 2. The van der Waals surface area contributed by atoms with Gasteiger partial charge in [-0.1, -0.05) is 23.8 Å². The molecule has 0 saturated carbocycles. The maximum absolute atomic E-state index is 12.7. The molecule has 0 aliphatic rings. The van der Waals surface area contributed by atoms with Crippen LogP contribution in [-0.2, 0) is 10.0 Å². The lowest BCUT2D eigenvalue weighted by molar-refractivity contribution is 0.594. The molecule has 4 nitrogen and oxygen atoms in total. The Balaban J connectivity index is 2.49. The quantitative estimate of drug-likeness (QED) is 0.884. The minimum absolute atomic E-state index is 0.237. The smallest absolute Gasteiger partial charge is 0.264 e. The Labute approximate surface area is 119 Å². The molecular weight excluding hydrogens is 272 g/mol. The summed E-state index contributed by atoms with van der Waals surface area (Å²) in [5.74, 6) is 0. The Morgan fingerprint density at radius 2 is 1.60 bits per heavy atom. The van der Waals surface area contributed by atoms with E-state index < -0.39 is 10.0 Å². The minimum Gasteiger partial charge on any atom is -0.398 e. The van der Waals surface area contributed by atoms with Crippen molar-refractivity contribution in [3.8, 4) is 0 Å². The van der Waals surface area contributed by atoms with Crippen LogP contribution in [0.25, 0.3) is 0 Å². The summed E-state index contributed by atoms with van der Waals surface area (Å²) in [4.78, 5) is 0.237. The van der Waals surface area contributed by atoms with Gasteiger partial charge in [-0.2, -0.15) is 0 Å². The lowest BCUT2D eigenvalue weighted by Crippen LogP contribution is -2.27. The molecule has 0 radical (unpaired) electrons. The van der Waals surface area contributed by atoms with Crippen LogP contribution in [0.1, 0.15) is 11.1 Å². The third kappa shape index (κ3) is 2.49. The lowest BCUT2D eigenvalue weighted by Gasteiger charge is -2.21. The average Bonchev–Trinajstić information content (AvgIpc) is 2.41. The monoisotopic (exact) mass is 290 g/mol. The van der Waals surface area contributed by atoms with Gasteiger partial charge in [-0.3, -0.25) is 4.31 Å². The number of nitrogens with two attached hydrogens (primary N) is 1. The van der Waals surface area contributed by atoms with Crippen LogP contribution in [0, 0.1) is 13.8 Å². The second kappa shape index (κ2) is 5.17. The number of nitrogens with zero attached hydrogens (tertiary/aromatic N) is 1. The van der Waals surface area contributed by atoms with E-state index in [4.69, 9.17) is 5.73 Å². The zero-order valence-electron chi connectivity index (χ0n) is 11.8. The van der Waals surface area contributed by atoms with Crippen LogP contribution < -0.4 is 10.0 Å². The van der Waals surface area contributed by atoms with Crippen LogP contribution in [0.4, 0.5) is 11.4 Å². The second-order valence-corrected chi connectivity index (χ2v) is 6.72. The first-order valence-electron chi connectivity index (χ1n) is 6.24. The van der Waals surface area contributed by atoms with Gasteiger partial charge in [0, 0.05) is 12.7 Å². The maximum atomic E-state index is 12.7. The third-order valence-corrected chi connectivity index (χ3v) is 5.29. The van der Waals surface area contributed by atoms with Crippen molar-refractivity contribution < 1.29 is 8.42 Å². The lowest BCUT2D eigenvalue weighted by atomic mass is 10.2. The van der Waals surface area contributed by atoms with Crippen molar-refractivity contribution in [3.63, 3.8) is 0 Å². The van der Waals surface area contributed by atoms with Crippen LogP contribution in [0.3, 0.4) is 0 Å². The summed E-state index contributed by atoms with van der Waals surface area (Å²) in [6.07, 6.45) is 0. The summed E-state index contributed by atoms with van der Waals surface area (Å²) in [6, 6.07) is 12.3. The molecular formula is C15H18N2O2S. The molecule has 0 fully saturated rings. The first kappa shape index (κ1) is 14.4. The van der Waals surface area contributed by atoms with E-state index in [-0.39, 0.29) is 4.90 Å². The molecule has 0 saturated heterocycles. The molecule has 0 aromatic heterocycles. The summed E-state index contributed by atoms with van der Waals surface area (Å²) >= 11 is 0. The second-order valence-electron chi connectivity index (χ2n) is 4.78. The van der Waals surface area contributed by atoms with Crippen LogP contribution in [0.5, 0.6) is 0 Å². The number of hydrogen-bond acceptors (Lipinski definition) is 3. The standard InChI is InChI=1S/C15H18N2O2S/c1-11-7-9-13(10-8-11)17(3)20(18,19)15-6-4-5-14(16)12(15)2/h4-10H,16H2,1-3H3. The summed E-state index contributed by atoms with van der Waals surface area (Å²) in [5, 5.41) is 0. The van der Waals surface area contributed by atoms with Gasteiger partial charge in [-0.05, 0) is 43.7 Å². The Hall–Kier alpha value is -2.01. The molecule has 2 aromatic rings. The minimum atomic E-state index is -3.60. The van der Waals surface area contributed by atoms with Gasteiger partial charge >= 0.3 is 0 Å². The molecule has 0 aliphatic heterocycles. The molecule has 0 atom stereocenters. The molecule has 0 amide bonds. The van der Waals surface area contributed by atoms with Crippen molar-refractivity contribution in [3.05, 3.63) is 53.6 Å². The molecule has 20 heavy (non-hydrogen) atoms. The predicted octanol–water partition coefficient (Wildman–Crippen LogP) is 2.71. The Kier molecular flexibility index (Phi) is 3.72. The molecule has 0 aliphatic carbocycles. The van der Waals surface area contributed by atoms with E-state index in [9.17, 15) is 8.42 Å². The largest absolute Gasteiger partial charge is 0.398 e. The molecule has 2 rings (SSSR count). The zero-order chi connectivity index (χ0) is 14.9. The highest BCUT2D eigenvalue weighted by Gasteiger charge is 2.23. The van der Waals surface area contributed by atoms with E-state index in [0.717, 1.165) is 5.56 Å². The molecule has 0 spiro atoms. The Morgan fingerprint density at radius 3 is 2.20 bits per heavy atom. The fourth-order valence-corrected chi connectivity index (χ4v) is 3.40. The number of aryl methyl sites for hydroxylation is 1. The van der Waals surface area contributed by atoms with E-state index in [2.05, 4.69) is 0 Å². The summed E-state index contributed by atoms with van der Waals surface area (Å²) in [7, 11) is -2.06. The molecule has 0 bridgehead atoms. The molecule has 106 valence electrons. The van der Waals surface area contributed by atoms with Gasteiger partial charge in [-0.25, -0.2) is 8.42 Å². The number of nitrogen functional groups attached to an aromatic ring is 1.